The number of allylic oxidation sites excluding steroid dienone is 1. The Kier molecular flexibility index (Phi) is 17.2. The van der Waals surface area contributed by atoms with Gasteiger partial charge in [0.25, 0.3) is 0 Å². The molecule has 17 atom stereocenters. The minimum absolute atomic E-state index is 0.0407. The summed E-state index contributed by atoms with van der Waals surface area (Å²) in [5, 5.41) is 54.9. The van der Waals surface area contributed by atoms with Crippen molar-refractivity contribution in [3.8, 4) is 0 Å². The molecule has 7 heterocycles. The van der Waals surface area contributed by atoms with Crippen molar-refractivity contribution in [1.82, 2.24) is 0 Å². The van der Waals surface area contributed by atoms with Gasteiger partial charge in [0.2, 0.25) is 5.79 Å². The van der Waals surface area contributed by atoms with E-state index in [1.807, 2.05) is 32.1 Å². The van der Waals surface area contributed by atoms with E-state index < -0.39 is 71.7 Å². The zero-order chi connectivity index (χ0) is 48.3. The van der Waals surface area contributed by atoms with E-state index in [0.29, 0.717) is 74.9 Å². The van der Waals surface area contributed by atoms with E-state index in [-0.39, 0.29) is 49.8 Å². The van der Waals surface area contributed by atoms with Gasteiger partial charge in [-0.3, -0.25) is 0 Å². The van der Waals surface area contributed by atoms with Crippen LogP contribution in [0.3, 0.4) is 0 Å². The monoisotopic (exact) mass is 943 g/mol. The zero-order valence-corrected chi connectivity index (χ0v) is 41.1. The summed E-state index contributed by atoms with van der Waals surface area (Å²) >= 11 is 0. The Morgan fingerprint density at radius 1 is 1.01 bits per heavy atom. The van der Waals surface area contributed by atoms with Crippen LogP contribution in [0.15, 0.2) is 59.8 Å². The molecule has 0 aromatic carbocycles. The van der Waals surface area contributed by atoms with Gasteiger partial charge in [0.05, 0.1) is 43.2 Å². The van der Waals surface area contributed by atoms with Crippen LogP contribution < -0.4 is 0 Å². The Hall–Kier alpha value is -2.31. The van der Waals surface area contributed by atoms with Crippen molar-refractivity contribution in [2.75, 3.05) is 19.8 Å². The van der Waals surface area contributed by atoms with Gasteiger partial charge >= 0.3 is 5.97 Å². The molecule has 3 spiro atoms. The first-order valence-electron chi connectivity index (χ1n) is 25.4. The Bertz CT molecular complexity index is 1820. The number of aliphatic hydroxyl groups excluding tert-OH is 4. The average molecular weight is 943 g/mol. The lowest BCUT2D eigenvalue weighted by atomic mass is 9.79. The van der Waals surface area contributed by atoms with E-state index in [1.54, 1.807) is 0 Å². The molecule has 17 unspecified atom stereocenters. The van der Waals surface area contributed by atoms with Crippen LogP contribution >= 0.6 is 0 Å². The van der Waals surface area contributed by atoms with Gasteiger partial charge in [0.15, 0.2) is 17.2 Å². The summed E-state index contributed by atoms with van der Waals surface area (Å²) in [5.41, 5.74) is 1.25. The largest absolute Gasteiger partial charge is 0.459 e. The van der Waals surface area contributed by atoms with E-state index in [1.165, 1.54) is 6.92 Å². The standard InChI is InChI=1S/C53H82O14/c1-32(12-11-24-54)26-34(3)31-60-49(58)50(8,59)30-40-15-16-44(56)53(64-40)29-33(2)27-43(65-53)35(4)13-14-39-18-22-52(63-39)23-19-42-48(67-52)45(57)38(7)47(62-42)41(55)28-37(6)46-36(5)17-21-51(66-46)20-9-10-25-61-51/h12-14,29,35-37,39-48,54-57,59H,3,7,9-11,15-28,30-31H2,1-2,4-6,8H3. The van der Waals surface area contributed by atoms with Crippen LogP contribution in [0.1, 0.15) is 144 Å². The molecule has 0 aliphatic carbocycles. The van der Waals surface area contributed by atoms with E-state index in [2.05, 4.69) is 40.0 Å². The van der Waals surface area contributed by atoms with Crippen LogP contribution in [0.5, 0.6) is 0 Å². The molecule has 6 fully saturated rings. The van der Waals surface area contributed by atoms with Crippen molar-refractivity contribution < 1.29 is 68.2 Å². The number of hydrogen-bond acceptors (Lipinski definition) is 14. The summed E-state index contributed by atoms with van der Waals surface area (Å²) in [7, 11) is 0. The average Bonchev–Trinajstić information content (AvgIpc) is 3.68. The van der Waals surface area contributed by atoms with Gasteiger partial charge in [-0.1, -0.05) is 63.3 Å². The number of carbonyl (C=O) groups is 1. The molecule has 378 valence electrons. The topological polar surface area (TPSA) is 192 Å². The molecule has 67 heavy (non-hydrogen) atoms. The Labute approximate surface area is 398 Å². The third kappa shape index (κ3) is 12.4. The Morgan fingerprint density at radius 3 is 2.52 bits per heavy atom. The first kappa shape index (κ1) is 52.5. The highest BCUT2D eigenvalue weighted by molar-refractivity contribution is 5.78. The second kappa shape index (κ2) is 22.0. The number of rotatable bonds is 16. The van der Waals surface area contributed by atoms with Gasteiger partial charge in [-0.15, -0.1) is 0 Å². The first-order valence-corrected chi connectivity index (χ1v) is 25.4. The lowest BCUT2D eigenvalue weighted by molar-refractivity contribution is -0.321. The molecule has 14 nitrogen and oxygen atoms in total. The first-order chi connectivity index (χ1) is 31.8. The number of carbonyl (C=O) groups excluding carboxylic acids is 1. The number of hydrogen-bond donors (Lipinski definition) is 5. The lowest BCUT2D eigenvalue weighted by Gasteiger charge is -2.50. The van der Waals surface area contributed by atoms with E-state index >= 15 is 0 Å². The Morgan fingerprint density at radius 2 is 1.78 bits per heavy atom. The third-order valence-electron chi connectivity index (χ3n) is 15.5. The molecule has 5 N–H and O–H groups in total. The molecule has 0 bridgehead atoms. The third-order valence-corrected chi connectivity index (χ3v) is 15.5. The van der Waals surface area contributed by atoms with Crippen molar-refractivity contribution in [2.24, 2.45) is 17.8 Å². The van der Waals surface area contributed by atoms with Crippen LogP contribution in [0.2, 0.25) is 0 Å². The fourth-order valence-corrected chi connectivity index (χ4v) is 11.7. The molecular weight excluding hydrogens is 861 g/mol. The maximum Gasteiger partial charge on any atom is 0.338 e. The van der Waals surface area contributed by atoms with Crippen molar-refractivity contribution in [2.45, 2.75) is 228 Å². The normalized spacial score (nSPS) is 40.6. The van der Waals surface area contributed by atoms with E-state index in [4.69, 9.17) is 43.0 Å². The van der Waals surface area contributed by atoms with Gasteiger partial charge in [-0.25, -0.2) is 4.79 Å². The van der Waals surface area contributed by atoms with Crippen LogP contribution in [0.4, 0.5) is 0 Å². The molecule has 14 heteroatoms. The van der Waals surface area contributed by atoms with Crippen molar-refractivity contribution in [1.29, 1.82) is 0 Å². The molecule has 0 radical (unpaired) electrons. The molecule has 6 saturated heterocycles. The van der Waals surface area contributed by atoms with Gasteiger partial charge in [-0.2, -0.15) is 0 Å². The molecule has 7 aliphatic rings. The second-order valence-corrected chi connectivity index (χ2v) is 21.6. The summed E-state index contributed by atoms with van der Waals surface area (Å²) in [5.74, 6) is -3.33. The molecule has 7 rings (SSSR count). The van der Waals surface area contributed by atoms with Gasteiger partial charge in [0.1, 0.15) is 31.0 Å². The maximum absolute atomic E-state index is 13.1. The van der Waals surface area contributed by atoms with Crippen molar-refractivity contribution >= 4 is 5.97 Å². The fraction of sp³-hybridized carbons (Fsp3) is 0.792. The molecule has 0 aromatic rings. The van der Waals surface area contributed by atoms with Crippen LogP contribution in [0.25, 0.3) is 0 Å². The minimum atomic E-state index is -1.85. The SMILES string of the molecule is C=C(COC(=O)C(C)(O)CC1CCC(O)C2(C=C(C)CC(C(C)C=CC3CCC4(CCC5OC(C(O)CC(C)C6OC7(CCCCO7)CCC6C)C(=C)C(O)C5O4)O3)O2)O1)CC(C)=CCCO. The molecule has 0 amide bonds. The van der Waals surface area contributed by atoms with Gasteiger partial charge in [0, 0.05) is 44.6 Å². The van der Waals surface area contributed by atoms with Gasteiger partial charge in [-0.05, 0) is 120 Å². The summed E-state index contributed by atoms with van der Waals surface area (Å²) in [4.78, 5) is 13.1. The number of esters is 1. The molecule has 0 saturated carbocycles. The predicted molar refractivity (Wildman–Crippen MR) is 250 cm³/mol. The summed E-state index contributed by atoms with van der Waals surface area (Å²) in [6.07, 6.45) is 12.4. The van der Waals surface area contributed by atoms with Crippen molar-refractivity contribution in [3.63, 3.8) is 0 Å². The van der Waals surface area contributed by atoms with Crippen LogP contribution in [-0.2, 0) is 42.7 Å². The van der Waals surface area contributed by atoms with Crippen LogP contribution in [-0.4, -0.2) is 135 Å². The maximum atomic E-state index is 13.1. The Balaban J connectivity index is 0.892. The number of fused-ring (bicyclic) bond motifs is 1. The van der Waals surface area contributed by atoms with Crippen molar-refractivity contribution in [3.05, 3.63) is 59.8 Å². The fourth-order valence-electron chi connectivity index (χ4n) is 11.7. The predicted octanol–water partition coefficient (Wildman–Crippen LogP) is 6.95. The summed E-state index contributed by atoms with van der Waals surface area (Å²) < 4.78 is 51.2. The molecule has 0 aromatic heterocycles. The van der Waals surface area contributed by atoms with E-state index in [0.717, 1.165) is 56.3 Å². The minimum Gasteiger partial charge on any atom is -0.459 e. The quantitative estimate of drug-likeness (QED) is 0.0789. The summed E-state index contributed by atoms with van der Waals surface area (Å²) in [6, 6.07) is 0. The van der Waals surface area contributed by atoms with E-state index in [9.17, 15) is 25.2 Å². The molecule has 7 aliphatic heterocycles. The smallest absolute Gasteiger partial charge is 0.338 e. The summed E-state index contributed by atoms with van der Waals surface area (Å²) in [6.45, 7) is 20.7. The molecular formula is C53H82O14. The van der Waals surface area contributed by atoms with Gasteiger partial charge < -0.3 is 63.4 Å². The highest BCUT2D eigenvalue weighted by Gasteiger charge is 2.55. The number of aliphatic hydroxyl groups is 5. The second-order valence-electron chi connectivity index (χ2n) is 21.6. The number of ether oxygens (including phenoxy) is 8. The zero-order valence-electron chi connectivity index (χ0n) is 41.1. The highest BCUT2D eigenvalue weighted by Crippen LogP contribution is 2.47. The van der Waals surface area contributed by atoms with Crippen LogP contribution in [0, 0.1) is 17.8 Å². The highest BCUT2D eigenvalue weighted by atomic mass is 16.7. The lowest BCUT2D eigenvalue weighted by Crippen LogP contribution is -2.60.